The van der Waals surface area contributed by atoms with Crippen molar-refractivity contribution in [3.63, 3.8) is 0 Å². The van der Waals surface area contributed by atoms with E-state index in [1.807, 2.05) is 0 Å². The fourth-order valence-electron chi connectivity index (χ4n) is 6.71. The number of ether oxygens (including phenoxy) is 13. The quantitative estimate of drug-likeness (QED) is 0.0569. The van der Waals surface area contributed by atoms with E-state index in [0.717, 1.165) is 73.1 Å². The standard InChI is InChI=1S/C42H68O20S/c1-9-10-11-12-13-14-15-16-17-50-18-19-51-20-21-52-22-23-63-42-40(59-32(8)49)38(57-30(6)47)36(34(61-42)25-54-27(3)44)62-41-39(58-31(7)48)37(56-29(5)46)35(55-28(4)45)33(60-41)24-53-26(2)43/h33-42H,9-25H2,1-8H3/t33-,34-,35+,36-,37+,38+,39-,40-,41+,42+/m1/s1. The summed E-state index contributed by atoms with van der Waals surface area (Å²) < 4.78 is 74.2. The molecule has 63 heavy (non-hydrogen) atoms. The second kappa shape index (κ2) is 31.3. The highest BCUT2D eigenvalue weighted by Gasteiger charge is 2.57. The van der Waals surface area contributed by atoms with E-state index in [1.165, 1.54) is 38.5 Å². The van der Waals surface area contributed by atoms with Gasteiger partial charge in [-0.25, -0.2) is 0 Å². The van der Waals surface area contributed by atoms with Gasteiger partial charge in [0.05, 0.1) is 33.0 Å². The molecule has 20 nitrogen and oxygen atoms in total. The van der Waals surface area contributed by atoms with Crippen molar-refractivity contribution < 1.29 is 95.1 Å². The van der Waals surface area contributed by atoms with E-state index in [9.17, 15) is 33.6 Å². The second-order valence-electron chi connectivity index (χ2n) is 14.8. The molecule has 0 radical (unpaired) electrons. The summed E-state index contributed by atoms with van der Waals surface area (Å²) in [4.78, 5) is 86.3. The molecule has 0 aromatic carbocycles. The molecule has 2 heterocycles. The van der Waals surface area contributed by atoms with Crippen molar-refractivity contribution in [2.24, 2.45) is 0 Å². The van der Waals surface area contributed by atoms with Crippen molar-refractivity contribution in [1.29, 1.82) is 0 Å². The van der Waals surface area contributed by atoms with Crippen molar-refractivity contribution in [2.45, 2.75) is 167 Å². The maximum absolute atomic E-state index is 12.7. The van der Waals surface area contributed by atoms with Gasteiger partial charge in [-0.1, -0.05) is 51.9 Å². The Kier molecular flexibility index (Phi) is 27.6. The minimum absolute atomic E-state index is 0.215. The molecular formula is C42H68O20S. The highest BCUT2D eigenvalue weighted by atomic mass is 32.2. The molecule has 2 fully saturated rings. The fourth-order valence-corrected chi connectivity index (χ4v) is 7.78. The molecule has 0 aromatic heterocycles. The minimum Gasteiger partial charge on any atom is -0.463 e. The molecule has 2 saturated heterocycles. The highest BCUT2D eigenvalue weighted by Crippen LogP contribution is 2.37. The molecule has 2 aliphatic heterocycles. The molecule has 0 aliphatic carbocycles. The summed E-state index contributed by atoms with van der Waals surface area (Å²) in [6.07, 6.45) is -3.73. The van der Waals surface area contributed by atoms with E-state index in [4.69, 9.17) is 61.6 Å². The fraction of sp³-hybridized carbons (Fsp3) is 0.833. The number of carbonyl (C=O) groups excluding carboxylic acids is 7. The third-order valence-electron chi connectivity index (χ3n) is 9.28. The predicted molar refractivity (Wildman–Crippen MR) is 221 cm³/mol. The van der Waals surface area contributed by atoms with E-state index in [1.54, 1.807) is 0 Å². The van der Waals surface area contributed by atoms with Crippen LogP contribution in [0, 0.1) is 0 Å². The molecule has 0 N–H and O–H groups in total. The van der Waals surface area contributed by atoms with Crippen LogP contribution in [0.1, 0.15) is 107 Å². The molecule has 0 unspecified atom stereocenters. The van der Waals surface area contributed by atoms with Crippen molar-refractivity contribution in [3.05, 3.63) is 0 Å². The Balaban J connectivity index is 2.22. The molecule has 0 saturated carbocycles. The molecule has 0 amide bonds. The van der Waals surface area contributed by atoms with Gasteiger partial charge in [0, 0.05) is 60.8 Å². The van der Waals surface area contributed by atoms with Gasteiger partial charge < -0.3 is 61.6 Å². The lowest BCUT2D eigenvalue weighted by molar-refractivity contribution is -0.341. The van der Waals surface area contributed by atoms with Crippen molar-refractivity contribution in [1.82, 2.24) is 0 Å². The third-order valence-corrected chi connectivity index (χ3v) is 10.4. The van der Waals surface area contributed by atoms with E-state index >= 15 is 0 Å². The Morgan fingerprint density at radius 3 is 1.35 bits per heavy atom. The first-order chi connectivity index (χ1) is 30.0. The summed E-state index contributed by atoms with van der Waals surface area (Å²) in [5.74, 6) is -5.37. The largest absolute Gasteiger partial charge is 0.463 e. The number of hydrogen-bond acceptors (Lipinski definition) is 21. The highest BCUT2D eigenvalue weighted by molar-refractivity contribution is 7.99. The zero-order valence-corrected chi connectivity index (χ0v) is 38.7. The van der Waals surface area contributed by atoms with Gasteiger partial charge in [0.25, 0.3) is 0 Å². The van der Waals surface area contributed by atoms with E-state index in [-0.39, 0.29) is 13.2 Å². The third kappa shape index (κ3) is 22.7. The normalized spacial score (nSPS) is 25.6. The van der Waals surface area contributed by atoms with Gasteiger partial charge in [-0.15, -0.1) is 11.8 Å². The maximum atomic E-state index is 12.7. The average Bonchev–Trinajstić information content (AvgIpc) is 3.19. The monoisotopic (exact) mass is 924 g/mol. The van der Waals surface area contributed by atoms with Crippen LogP contribution in [0.5, 0.6) is 0 Å². The van der Waals surface area contributed by atoms with Gasteiger partial charge in [-0.05, 0) is 6.42 Å². The number of thioether (sulfide) groups is 1. The van der Waals surface area contributed by atoms with E-state index in [2.05, 4.69) is 6.92 Å². The zero-order valence-electron chi connectivity index (χ0n) is 37.9. The van der Waals surface area contributed by atoms with Gasteiger partial charge in [-0.3, -0.25) is 33.6 Å². The smallest absolute Gasteiger partial charge is 0.303 e. The Bertz CT molecular complexity index is 1410. The Morgan fingerprint density at radius 2 is 0.841 bits per heavy atom. The minimum atomic E-state index is -1.77. The van der Waals surface area contributed by atoms with Crippen LogP contribution in [0.3, 0.4) is 0 Å². The van der Waals surface area contributed by atoms with Crippen molar-refractivity contribution in [3.8, 4) is 0 Å². The molecule has 0 bridgehead atoms. The van der Waals surface area contributed by atoms with Gasteiger partial charge in [0.15, 0.2) is 36.8 Å². The zero-order chi connectivity index (χ0) is 46.7. The van der Waals surface area contributed by atoms with Gasteiger partial charge in [0.2, 0.25) is 0 Å². The first kappa shape index (κ1) is 55.5. The molecule has 2 rings (SSSR count). The molecule has 2 aliphatic rings. The van der Waals surface area contributed by atoms with Crippen LogP contribution in [0.2, 0.25) is 0 Å². The van der Waals surface area contributed by atoms with Crippen LogP contribution in [0.4, 0.5) is 0 Å². The lowest BCUT2D eigenvalue weighted by atomic mass is 9.96. The number of rotatable bonds is 30. The van der Waals surface area contributed by atoms with Crippen LogP contribution in [0.25, 0.3) is 0 Å². The van der Waals surface area contributed by atoms with E-state index < -0.39 is 116 Å². The lowest BCUT2D eigenvalue weighted by Crippen LogP contribution is -2.66. The first-order valence-corrected chi connectivity index (χ1v) is 22.5. The number of esters is 7. The van der Waals surface area contributed by atoms with Crippen molar-refractivity contribution in [2.75, 3.05) is 58.6 Å². The Labute approximate surface area is 373 Å². The second-order valence-corrected chi connectivity index (χ2v) is 16.1. The summed E-state index contributed by atoms with van der Waals surface area (Å²) in [5.41, 5.74) is -1.05. The summed E-state index contributed by atoms with van der Waals surface area (Å²) in [5, 5.41) is 0. The molecule has 21 heteroatoms. The first-order valence-electron chi connectivity index (χ1n) is 21.5. The van der Waals surface area contributed by atoms with Crippen LogP contribution < -0.4 is 0 Å². The molecule has 362 valence electrons. The van der Waals surface area contributed by atoms with Crippen LogP contribution >= 0.6 is 11.8 Å². The average molecular weight is 925 g/mol. The topological polar surface area (TPSA) is 239 Å². The van der Waals surface area contributed by atoms with Crippen LogP contribution in [-0.4, -0.2) is 161 Å². The van der Waals surface area contributed by atoms with Gasteiger partial charge in [-0.2, -0.15) is 0 Å². The van der Waals surface area contributed by atoms with Gasteiger partial charge in [0.1, 0.15) is 37.0 Å². The predicted octanol–water partition coefficient (Wildman–Crippen LogP) is 3.53. The van der Waals surface area contributed by atoms with Crippen molar-refractivity contribution >= 4 is 53.5 Å². The number of unbranched alkanes of at least 4 members (excludes halogenated alkanes) is 7. The SMILES string of the molecule is CCCCCCCCCCOCCOCCOCCS[C@@H]1O[C@H](COC(C)=O)[C@@H](O[C@@H]2O[C@H](COC(C)=O)[C@H](OC(C)=O)[C@H](OC(C)=O)[C@H]2OC(C)=O)[C@H](OC(C)=O)[C@H]1OC(C)=O. The molecule has 0 aromatic rings. The van der Waals surface area contributed by atoms with E-state index in [0.29, 0.717) is 32.2 Å². The number of carbonyl (C=O) groups is 7. The molecular weight excluding hydrogens is 857 g/mol. The van der Waals surface area contributed by atoms with Crippen LogP contribution in [0.15, 0.2) is 0 Å². The Morgan fingerprint density at radius 1 is 0.429 bits per heavy atom. The molecule has 10 atom stereocenters. The molecule has 0 spiro atoms. The summed E-state index contributed by atoms with van der Waals surface area (Å²) in [6.45, 7) is 11.3. The van der Waals surface area contributed by atoms with Crippen LogP contribution in [-0.2, 0) is 95.1 Å². The van der Waals surface area contributed by atoms with Gasteiger partial charge >= 0.3 is 41.8 Å². The summed E-state index contributed by atoms with van der Waals surface area (Å²) >= 11 is 1.16. The Hall–Kier alpha value is -3.60. The lowest BCUT2D eigenvalue weighted by Gasteiger charge is -2.48. The summed E-state index contributed by atoms with van der Waals surface area (Å²) in [7, 11) is 0. The summed E-state index contributed by atoms with van der Waals surface area (Å²) in [6, 6.07) is 0. The number of hydrogen-bond donors (Lipinski definition) is 0. The maximum Gasteiger partial charge on any atom is 0.303 e.